The van der Waals surface area contributed by atoms with Gasteiger partial charge in [0.15, 0.2) is 5.82 Å². The van der Waals surface area contributed by atoms with Gasteiger partial charge in [-0.15, -0.1) is 0 Å². The molecule has 0 bridgehead atoms. The van der Waals surface area contributed by atoms with E-state index >= 15 is 0 Å². The van der Waals surface area contributed by atoms with Crippen molar-refractivity contribution in [3.05, 3.63) is 45.9 Å². The van der Waals surface area contributed by atoms with Gasteiger partial charge in [-0.3, -0.25) is 4.99 Å². The van der Waals surface area contributed by atoms with Crippen molar-refractivity contribution in [1.29, 1.82) is 0 Å². The lowest BCUT2D eigenvalue weighted by atomic mass is 10.0. The molecule has 3 heterocycles. The molecular formula is C20H23ClN4. The highest BCUT2D eigenvalue weighted by Gasteiger charge is 2.21. The summed E-state index contributed by atoms with van der Waals surface area (Å²) < 4.78 is 0. The molecular weight excluding hydrogens is 332 g/mol. The number of halogens is 1. The molecule has 0 saturated carbocycles. The standard InChI is InChI=1S/C20H23ClN4/c1-4-17-13(2)11-16-15-12-14(21)5-6-18(15)23-20(19(16)22-17)25-9-7-24(3)8-10-25/h5-6,11-12,17H,2,4,7-10H2,1,3H3. The molecule has 0 radical (unpaired) electrons. The van der Waals surface area contributed by atoms with Crippen LogP contribution in [-0.4, -0.2) is 49.2 Å². The van der Waals surface area contributed by atoms with Gasteiger partial charge >= 0.3 is 0 Å². The van der Waals surface area contributed by atoms with Crippen molar-refractivity contribution in [3.63, 3.8) is 0 Å². The van der Waals surface area contributed by atoms with Gasteiger partial charge < -0.3 is 9.80 Å². The summed E-state index contributed by atoms with van der Waals surface area (Å²) in [4.78, 5) is 14.7. The van der Waals surface area contributed by atoms with E-state index in [4.69, 9.17) is 21.6 Å². The van der Waals surface area contributed by atoms with Crippen LogP contribution in [0.4, 0.5) is 5.82 Å². The Bertz CT molecular complexity index is 958. The Labute approximate surface area is 153 Å². The summed E-state index contributed by atoms with van der Waals surface area (Å²) in [6.07, 6.45) is 3.13. The Kier molecular flexibility index (Phi) is 4.26. The second kappa shape index (κ2) is 6.43. The largest absolute Gasteiger partial charge is 0.352 e. The third kappa shape index (κ3) is 2.94. The lowest BCUT2D eigenvalue weighted by molar-refractivity contribution is 0.312. The van der Waals surface area contributed by atoms with Crippen molar-refractivity contribution in [2.24, 2.45) is 4.99 Å². The average molecular weight is 355 g/mol. The van der Waals surface area contributed by atoms with Crippen LogP contribution in [0.2, 0.25) is 5.02 Å². The van der Waals surface area contributed by atoms with Crippen LogP contribution < -0.4 is 15.5 Å². The van der Waals surface area contributed by atoms with Gasteiger partial charge in [0.05, 0.1) is 11.6 Å². The van der Waals surface area contributed by atoms with E-state index in [9.17, 15) is 0 Å². The van der Waals surface area contributed by atoms with E-state index in [1.807, 2.05) is 18.2 Å². The fourth-order valence-corrected chi connectivity index (χ4v) is 3.79. The van der Waals surface area contributed by atoms with Gasteiger partial charge in [-0.2, -0.15) is 0 Å². The SMILES string of the molecule is C=C1C=c2c(c(N3CCN(C)CC3)nc3ccc(Cl)cc23)=NC1CC. The minimum absolute atomic E-state index is 0.136. The minimum atomic E-state index is 0.136. The van der Waals surface area contributed by atoms with Gasteiger partial charge in [0, 0.05) is 41.8 Å². The zero-order valence-electron chi connectivity index (χ0n) is 14.8. The fraction of sp³-hybridized carbons (Fsp3) is 0.400. The summed E-state index contributed by atoms with van der Waals surface area (Å²) in [5.41, 5.74) is 2.03. The molecule has 1 fully saturated rings. The Morgan fingerprint density at radius 3 is 2.72 bits per heavy atom. The molecule has 4 rings (SSSR count). The van der Waals surface area contributed by atoms with Gasteiger partial charge in [0.25, 0.3) is 0 Å². The Balaban J connectivity index is 1.99. The third-order valence-electron chi connectivity index (χ3n) is 5.17. The van der Waals surface area contributed by atoms with Gasteiger partial charge in [-0.05, 0) is 43.3 Å². The van der Waals surface area contributed by atoms with Crippen LogP contribution in [-0.2, 0) is 0 Å². The zero-order valence-corrected chi connectivity index (χ0v) is 15.6. The lowest BCUT2D eigenvalue weighted by Gasteiger charge is -2.33. The number of rotatable bonds is 2. The number of fused-ring (bicyclic) bond motifs is 3. The molecule has 2 aliphatic rings. The quantitative estimate of drug-likeness (QED) is 0.830. The van der Waals surface area contributed by atoms with Crippen LogP contribution in [0.3, 0.4) is 0 Å². The molecule has 4 nitrogen and oxygen atoms in total. The van der Waals surface area contributed by atoms with E-state index in [0.29, 0.717) is 0 Å². The van der Waals surface area contributed by atoms with Gasteiger partial charge in [0.1, 0.15) is 5.36 Å². The van der Waals surface area contributed by atoms with Gasteiger partial charge in [-0.25, -0.2) is 4.98 Å². The maximum atomic E-state index is 6.25. The molecule has 130 valence electrons. The molecule has 2 aromatic rings. The molecule has 1 saturated heterocycles. The number of benzene rings is 1. The maximum Gasteiger partial charge on any atom is 0.155 e. The molecule has 25 heavy (non-hydrogen) atoms. The molecule has 0 spiro atoms. The van der Waals surface area contributed by atoms with Crippen LogP contribution in [0.5, 0.6) is 0 Å². The number of aromatic nitrogens is 1. The van der Waals surface area contributed by atoms with Crippen molar-refractivity contribution in [3.8, 4) is 0 Å². The Morgan fingerprint density at radius 1 is 1.24 bits per heavy atom. The zero-order chi connectivity index (χ0) is 17.6. The smallest absolute Gasteiger partial charge is 0.155 e. The molecule has 0 amide bonds. The molecule has 1 atom stereocenters. The number of nitrogens with zero attached hydrogens (tertiary/aromatic N) is 4. The van der Waals surface area contributed by atoms with E-state index < -0.39 is 0 Å². The second-order valence-corrected chi connectivity index (χ2v) is 7.36. The first-order valence-corrected chi connectivity index (χ1v) is 9.25. The van der Waals surface area contributed by atoms with Crippen LogP contribution in [0.15, 0.2) is 35.3 Å². The molecule has 0 N–H and O–H groups in total. The number of pyridine rings is 1. The van der Waals surface area contributed by atoms with E-state index in [0.717, 1.165) is 70.5 Å². The lowest BCUT2D eigenvalue weighted by Crippen LogP contribution is -2.48. The molecule has 2 aliphatic heterocycles. The predicted octanol–water partition coefficient (Wildman–Crippen LogP) is 2.39. The van der Waals surface area contributed by atoms with Crippen molar-refractivity contribution in [2.45, 2.75) is 19.4 Å². The first kappa shape index (κ1) is 16.6. The van der Waals surface area contributed by atoms with Crippen molar-refractivity contribution in [2.75, 3.05) is 38.1 Å². The predicted molar refractivity (Wildman–Crippen MR) is 105 cm³/mol. The van der Waals surface area contributed by atoms with Crippen molar-refractivity contribution < 1.29 is 0 Å². The third-order valence-corrected chi connectivity index (χ3v) is 5.41. The molecule has 5 heteroatoms. The highest BCUT2D eigenvalue weighted by Crippen LogP contribution is 2.20. The summed E-state index contributed by atoms with van der Waals surface area (Å²) in [5.74, 6) is 1.00. The number of piperazine rings is 1. The summed E-state index contributed by atoms with van der Waals surface area (Å²) in [6, 6.07) is 6.03. The molecule has 1 aromatic carbocycles. The van der Waals surface area contributed by atoms with Crippen LogP contribution in [0.25, 0.3) is 17.0 Å². The number of hydrogen-bond donors (Lipinski definition) is 0. The monoisotopic (exact) mass is 354 g/mol. The first-order chi connectivity index (χ1) is 12.1. The highest BCUT2D eigenvalue weighted by atomic mass is 35.5. The highest BCUT2D eigenvalue weighted by molar-refractivity contribution is 6.31. The topological polar surface area (TPSA) is 31.7 Å². The summed E-state index contributed by atoms with van der Waals surface area (Å²) in [5, 5.41) is 3.88. The van der Waals surface area contributed by atoms with Crippen molar-refractivity contribution >= 4 is 34.4 Å². The number of likely N-dealkylation sites (N-methyl/N-ethyl adjacent to an activating group) is 1. The van der Waals surface area contributed by atoms with Gasteiger partial charge in [0.2, 0.25) is 0 Å². The summed E-state index contributed by atoms with van der Waals surface area (Å²) in [6.45, 7) is 10.4. The average Bonchev–Trinajstić information content (AvgIpc) is 2.61. The first-order valence-electron chi connectivity index (χ1n) is 8.88. The number of anilines is 1. The van der Waals surface area contributed by atoms with Crippen LogP contribution in [0, 0.1) is 0 Å². The van der Waals surface area contributed by atoms with Crippen molar-refractivity contribution in [1.82, 2.24) is 9.88 Å². The molecule has 0 aliphatic carbocycles. The fourth-order valence-electron chi connectivity index (χ4n) is 3.62. The minimum Gasteiger partial charge on any atom is -0.352 e. The van der Waals surface area contributed by atoms with E-state index in [1.165, 1.54) is 0 Å². The maximum absolute atomic E-state index is 6.25. The van der Waals surface area contributed by atoms with E-state index in [-0.39, 0.29) is 6.04 Å². The normalized spacial score (nSPS) is 21.0. The van der Waals surface area contributed by atoms with E-state index in [1.54, 1.807) is 0 Å². The Hall–Kier alpha value is -1.91. The van der Waals surface area contributed by atoms with Crippen LogP contribution in [0.1, 0.15) is 13.3 Å². The van der Waals surface area contributed by atoms with E-state index in [2.05, 4.69) is 36.4 Å². The summed E-state index contributed by atoms with van der Waals surface area (Å²) >= 11 is 6.25. The molecule has 1 unspecified atom stereocenters. The van der Waals surface area contributed by atoms with Gasteiger partial charge in [-0.1, -0.05) is 25.1 Å². The Morgan fingerprint density at radius 2 is 2.00 bits per heavy atom. The second-order valence-electron chi connectivity index (χ2n) is 6.92. The molecule has 1 aromatic heterocycles. The summed E-state index contributed by atoms with van der Waals surface area (Å²) in [7, 11) is 2.16. The number of hydrogen-bond acceptors (Lipinski definition) is 4. The van der Waals surface area contributed by atoms with Crippen LogP contribution >= 0.6 is 11.6 Å².